The minimum Gasteiger partial charge on any atom is -0.394 e. The molecule has 0 saturated carbocycles. The largest absolute Gasteiger partial charge is 0.394 e. The molecule has 57 heavy (non-hydrogen) atoms. The molecule has 0 bridgehead atoms. The van der Waals surface area contributed by atoms with Gasteiger partial charge in [-0.3, -0.25) is 4.79 Å². The van der Waals surface area contributed by atoms with Crippen molar-refractivity contribution < 1.29 is 119 Å². The first-order valence-corrected chi connectivity index (χ1v) is 18.3. The standard InChI is InChI=1S/C32H55NO24/c1-7-14(38)18(42)20(44)30(49-7)57-26-15(39)8(2)50-32(23(26)47)55-25-13(33-9(3)37)29(56-27-17(41)11(5-35)51-28(48)22(27)46)53-12(6-36)24(25)54-31-21(45)19(43)16(40)10(4-34)52-31/h7-8,10-32,34-36,38-48H,4-6H2,1-3H3,(H,33,37)/t7-,8-,10+,11+,12+,13+,14+,15+,16-,17-,18+,19-,20-,21+,22+,23-,24+,25+,26+,27-,28+,29-,30-,31-,32-/m0/s1. The topological polar surface area (TPSA) is 395 Å². The van der Waals surface area contributed by atoms with Crippen molar-refractivity contribution in [2.75, 3.05) is 19.8 Å². The molecule has 5 heterocycles. The van der Waals surface area contributed by atoms with Crippen molar-refractivity contribution in [3.63, 3.8) is 0 Å². The third-order valence-electron chi connectivity index (χ3n) is 10.6. The van der Waals surface area contributed by atoms with Crippen molar-refractivity contribution in [2.45, 2.75) is 174 Å². The molecule has 5 fully saturated rings. The van der Waals surface area contributed by atoms with Crippen LogP contribution >= 0.6 is 0 Å². The van der Waals surface area contributed by atoms with Gasteiger partial charge in [0.15, 0.2) is 31.5 Å². The minimum atomic E-state index is -2.04. The summed E-state index contributed by atoms with van der Waals surface area (Å²) in [5.74, 6) is -0.811. The molecule has 25 atom stereocenters. The van der Waals surface area contributed by atoms with Crippen molar-refractivity contribution in [2.24, 2.45) is 0 Å². The van der Waals surface area contributed by atoms with Gasteiger partial charge in [0.1, 0.15) is 110 Å². The Morgan fingerprint density at radius 3 is 1.47 bits per heavy atom. The number of hydrogen-bond acceptors (Lipinski definition) is 24. The molecule has 0 aromatic heterocycles. The molecular formula is C32H55NO24. The Hall–Kier alpha value is -1.45. The second kappa shape index (κ2) is 19.5. The Balaban J connectivity index is 1.51. The van der Waals surface area contributed by atoms with E-state index >= 15 is 0 Å². The van der Waals surface area contributed by atoms with Crippen LogP contribution in [0.1, 0.15) is 20.8 Å². The number of rotatable bonds is 12. The van der Waals surface area contributed by atoms with E-state index in [0.717, 1.165) is 6.92 Å². The summed E-state index contributed by atoms with van der Waals surface area (Å²) in [5.41, 5.74) is 0. The van der Waals surface area contributed by atoms with Gasteiger partial charge in [-0.2, -0.15) is 0 Å². The van der Waals surface area contributed by atoms with Crippen LogP contribution < -0.4 is 5.32 Å². The lowest BCUT2D eigenvalue weighted by Crippen LogP contribution is -2.71. The summed E-state index contributed by atoms with van der Waals surface area (Å²) in [4.78, 5) is 12.7. The van der Waals surface area contributed by atoms with Gasteiger partial charge in [-0.25, -0.2) is 0 Å². The third kappa shape index (κ3) is 9.71. The first kappa shape index (κ1) is 46.6. The third-order valence-corrected chi connectivity index (χ3v) is 10.6. The number of carbonyl (C=O) groups excluding carboxylic acids is 1. The van der Waals surface area contributed by atoms with Crippen LogP contribution in [0.25, 0.3) is 0 Å². The first-order chi connectivity index (χ1) is 26.8. The predicted octanol–water partition coefficient (Wildman–Crippen LogP) is -9.73. The molecule has 5 aliphatic heterocycles. The summed E-state index contributed by atoms with van der Waals surface area (Å²) in [7, 11) is 0. The van der Waals surface area contributed by atoms with E-state index in [1.807, 2.05) is 0 Å². The molecule has 5 aliphatic rings. The quantitative estimate of drug-likeness (QED) is 0.0867. The summed E-state index contributed by atoms with van der Waals surface area (Å²) >= 11 is 0. The van der Waals surface area contributed by atoms with Crippen molar-refractivity contribution in [3.8, 4) is 0 Å². The fourth-order valence-electron chi connectivity index (χ4n) is 7.30. The average Bonchev–Trinajstić information content (AvgIpc) is 3.17. The lowest BCUT2D eigenvalue weighted by molar-refractivity contribution is -0.391. The predicted molar refractivity (Wildman–Crippen MR) is 175 cm³/mol. The molecule has 0 unspecified atom stereocenters. The summed E-state index contributed by atoms with van der Waals surface area (Å²) in [6.07, 6.45) is -42.1. The van der Waals surface area contributed by atoms with Crippen LogP contribution in [-0.4, -0.2) is 251 Å². The number of carbonyl (C=O) groups is 1. The van der Waals surface area contributed by atoms with E-state index < -0.39 is 179 Å². The summed E-state index contributed by atoms with van der Waals surface area (Å²) in [5, 5.41) is 150. The zero-order valence-electron chi connectivity index (χ0n) is 30.9. The molecule has 0 aromatic carbocycles. The van der Waals surface area contributed by atoms with Crippen molar-refractivity contribution >= 4 is 5.91 Å². The van der Waals surface area contributed by atoms with Gasteiger partial charge in [0.05, 0.1) is 32.0 Å². The van der Waals surface area contributed by atoms with Gasteiger partial charge in [0.25, 0.3) is 0 Å². The number of amides is 1. The van der Waals surface area contributed by atoms with E-state index in [2.05, 4.69) is 5.32 Å². The number of hydrogen-bond donors (Lipinski definition) is 15. The van der Waals surface area contributed by atoms with Crippen molar-refractivity contribution in [1.29, 1.82) is 0 Å². The van der Waals surface area contributed by atoms with Crippen molar-refractivity contribution in [1.82, 2.24) is 5.32 Å². The molecule has 25 nitrogen and oxygen atoms in total. The van der Waals surface area contributed by atoms with E-state index in [0.29, 0.717) is 0 Å². The summed E-state index contributed by atoms with van der Waals surface area (Å²) in [6.45, 7) is 1.03. The van der Waals surface area contributed by atoms with Crippen LogP contribution in [0.5, 0.6) is 0 Å². The van der Waals surface area contributed by atoms with E-state index in [1.165, 1.54) is 13.8 Å². The zero-order valence-corrected chi connectivity index (χ0v) is 30.9. The second-order valence-corrected chi connectivity index (χ2v) is 14.7. The highest BCUT2D eigenvalue weighted by molar-refractivity contribution is 5.73. The number of ether oxygens (including phenoxy) is 9. The van der Waals surface area contributed by atoms with Crippen LogP contribution in [0.2, 0.25) is 0 Å². The Labute approximate surface area is 324 Å². The summed E-state index contributed by atoms with van der Waals surface area (Å²) in [6, 6.07) is -1.70. The van der Waals surface area contributed by atoms with E-state index in [9.17, 15) is 76.3 Å². The van der Waals surface area contributed by atoms with Crippen LogP contribution in [0.15, 0.2) is 0 Å². The van der Waals surface area contributed by atoms with E-state index in [-0.39, 0.29) is 0 Å². The number of nitrogens with one attached hydrogen (secondary N) is 1. The van der Waals surface area contributed by atoms with E-state index in [1.54, 1.807) is 0 Å². The van der Waals surface area contributed by atoms with Gasteiger partial charge in [-0.05, 0) is 13.8 Å². The Morgan fingerprint density at radius 1 is 0.456 bits per heavy atom. The van der Waals surface area contributed by atoms with E-state index in [4.69, 9.17) is 42.6 Å². The molecule has 5 rings (SSSR count). The lowest BCUT2D eigenvalue weighted by atomic mass is 9.93. The molecule has 0 aliphatic carbocycles. The molecule has 5 saturated heterocycles. The van der Waals surface area contributed by atoms with Crippen LogP contribution in [-0.2, 0) is 47.4 Å². The fraction of sp³-hybridized carbons (Fsp3) is 0.969. The maximum atomic E-state index is 12.7. The smallest absolute Gasteiger partial charge is 0.217 e. The normalized spacial score (nSPS) is 52.3. The fourth-order valence-corrected chi connectivity index (χ4v) is 7.30. The molecule has 332 valence electrons. The monoisotopic (exact) mass is 837 g/mol. The van der Waals surface area contributed by atoms with Crippen LogP contribution in [0, 0.1) is 0 Å². The molecule has 0 spiro atoms. The lowest BCUT2D eigenvalue weighted by Gasteiger charge is -2.51. The van der Waals surface area contributed by atoms with Crippen LogP contribution in [0.3, 0.4) is 0 Å². The van der Waals surface area contributed by atoms with Gasteiger partial charge >= 0.3 is 0 Å². The van der Waals surface area contributed by atoms with Gasteiger partial charge in [0, 0.05) is 6.92 Å². The summed E-state index contributed by atoms with van der Waals surface area (Å²) < 4.78 is 51.5. The van der Waals surface area contributed by atoms with Gasteiger partial charge in [-0.1, -0.05) is 0 Å². The van der Waals surface area contributed by atoms with Crippen LogP contribution in [0.4, 0.5) is 0 Å². The Kier molecular flexibility index (Phi) is 16.0. The van der Waals surface area contributed by atoms with Gasteiger partial charge in [0.2, 0.25) is 5.91 Å². The first-order valence-electron chi connectivity index (χ1n) is 18.3. The average molecular weight is 838 g/mol. The molecule has 25 heteroatoms. The van der Waals surface area contributed by atoms with Gasteiger partial charge < -0.3 is 119 Å². The zero-order chi connectivity index (χ0) is 42.2. The maximum Gasteiger partial charge on any atom is 0.217 e. The van der Waals surface area contributed by atoms with Crippen molar-refractivity contribution in [3.05, 3.63) is 0 Å². The number of aliphatic hydroxyl groups excluding tert-OH is 14. The molecule has 0 radical (unpaired) electrons. The minimum absolute atomic E-state index is 0.811. The molecule has 15 N–H and O–H groups in total. The maximum absolute atomic E-state index is 12.7. The Morgan fingerprint density at radius 2 is 0.895 bits per heavy atom. The Bertz CT molecular complexity index is 1290. The molecule has 1 amide bonds. The second-order valence-electron chi connectivity index (χ2n) is 14.7. The highest BCUT2D eigenvalue weighted by atomic mass is 16.8. The van der Waals surface area contributed by atoms with Gasteiger partial charge in [-0.15, -0.1) is 0 Å². The number of aliphatic hydroxyl groups is 14. The highest BCUT2D eigenvalue weighted by Gasteiger charge is 2.57. The molecular weight excluding hydrogens is 782 g/mol. The highest BCUT2D eigenvalue weighted by Crippen LogP contribution is 2.37. The molecule has 0 aromatic rings. The SMILES string of the molecule is CC(=O)N[C@H]1[C@H](O[C@@H]2[C@@H](O)[C@H](O)O[C@H](CO)[C@@H]2O)O[C@H](CO)[C@@H](O[C@@H]2O[C@H](CO)[C@H](O)[C@H](O)[C@H]2O)[C@@H]1O[C@@H]1O[C@@H](C)[C@@H](O)[C@@H](O[C@@H]2O[C@@H](C)[C@@H](O)[C@@H](O)[C@@H]2O)[C@@H]1O.